The second-order valence-corrected chi connectivity index (χ2v) is 5.54. The normalized spacial score (nSPS) is 25.4. The molecule has 0 amide bonds. The first-order valence-corrected chi connectivity index (χ1v) is 6.64. The molecule has 1 saturated heterocycles. The van der Waals surface area contributed by atoms with Crippen LogP contribution in [0.15, 0.2) is 18.2 Å². The Kier molecular flexibility index (Phi) is 4.18. The number of nitrogens with one attached hydrogen (secondary N) is 1. The predicted molar refractivity (Wildman–Crippen MR) is 75.4 cm³/mol. The molecule has 2 rings (SSSR count). The van der Waals surface area contributed by atoms with Gasteiger partial charge in [-0.1, -0.05) is 13.0 Å². The minimum absolute atomic E-state index is 0.286. The Balaban J connectivity index is 2.23. The third kappa shape index (κ3) is 2.72. The monoisotopic (exact) mass is 279 g/mol. The summed E-state index contributed by atoms with van der Waals surface area (Å²) in [6.45, 7) is 3.25. The van der Waals surface area contributed by atoms with Crippen molar-refractivity contribution in [1.29, 1.82) is 0 Å². The second-order valence-electron chi connectivity index (χ2n) is 5.54. The molecule has 1 aromatic carbocycles. The molecule has 0 aliphatic carbocycles. The van der Waals surface area contributed by atoms with E-state index in [1.807, 2.05) is 25.1 Å². The van der Waals surface area contributed by atoms with Crippen LogP contribution in [0, 0.1) is 11.3 Å². The standard InChI is InChI=1S/C15H21NO4/c1-15(9-16-8-11(15)14(17)18)7-10-4-5-12(19-2)13(6-10)20-3/h4-6,11,16H,7-9H2,1-3H3,(H,17,18). The number of carbonyl (C=O) groups is 1. The molecule has 0 saturated carbocycles. The van der Waals surface area contributed by atoms with Gasteiger partial charge in [0, 0.05) is 13.1 Å². The molecule has 1 aliphatic rings. The highest BCUT2D eigenvalue weighted by Crippen LogP contribution is 2.37. The van der Waals surface area contributed by atoms with E-state index >= 15 is 0 Å². The van der Waals surface area contributed by atoms with Crippen LogP contribution in [-0.4, -0.2) is 38.4 Å². The average Bonchev–Trinajstić information content (AvgIpc) is 2.80. The molecule has 0 aromatic heterocycles. The lowest BCUT2D eigenvalue weighted by molar-refractivity contribution is -0.144. The molecule has 1 fully saturated rings. The van der Waals surface area contributed by atoms with E-state index in [2.05, 4.69) is 5.32 Å². The Labute approximate surface area is 118 Å². The molecule has 1 aromatic rings. The number of hydrogen-bond acceptors (Lipinski definition) is 4. The lowest BCUT2D eigenvalue weighted by atomic mass is 9.75. The summed E-state index contributed by atoms with van der Waals surface area (Å²) in [6, 6.07) is 5.74. The van der Waals surface area contributed by atoms with Gasteiger partial charge in [0.2, 0.25) is 0 Å². The number of rotatable bonds is 5. The number of methoxy groups -OCH3 is 2. The van der Waals surface area contributed by atoms with Crippen molar-refractivity contribution < 1.29 is 19.4 Å². The van der Waals surface area contributed by atoms with Crippen LogP contribution in [0.25, 0.3) is 0 Å². The van der Waals surface area contributed by atoms with E-state index in [9.17, 15) is 9.90 Å². The van der Waals surface area contributed by atoms with Gasteiger partial charge in [-0.05, 0) is 29.5 Å². The van der Waals surface area contributed by atoms with Crippen LogP contribution in [0.1, 0.15) is 12.5 Å². The van der Waals surface area contributed by atoms with Crippen molar-refractivity contribution in [2.24, 2.45) is 11.3 Å². The fourth-order valence-electron chi connectivity index (χ4n) is 2.90. The Hall–Kier alpha value is -1.75. The maximum atomic E-state index is 11.3. The third-order valence-corrected chi connectivity index (χ3v) is 4.07. The maximum absolute atomic E-state index is 11.3. The number of carboxylic acids is 1. The van der Waals surface area contributed by atoms with Crippen LogP contribution in [0.3, 0.4) is 0 Å². The van der Waals surface area contributed by atoms with E-state index in [4.69, 9.17) is 9.47 Å². The number of hydrogen-bond donors (Lipinski definition) is 2. The lowest BCUT2D eigenvalue weighted by Gasteiger charge is -2.28. The number of carboxylic acid groups (broad SMARTS) is 1. The van der Waals surface area contributed by atoms with E-state index in [0.717, 1.165) is 5.56 Å². The largest absolute Gasteiger partial charge is 0.493 e. The third-order valence-electron chi connectivity index (χ3n) is 4.07. The van der Waals surface area contributed by atoms with Crippen LogP contribution in [0.5, 0.6) is 11.5 Å². The Morgan fingerprint density at radius 2 is 2.10 bits per heavy atom. The predicted octanol–water partition coefficient (Wildman–Crippen LogP) is 1.56. The zero-order valence-corrected chi connectivity index (χ0v) is 12.1. The zero-order valence-electron chi connectivity index (χ0n) is 12.1. The van der Waals surface area contributed by atoms with Crippen molar-refractivity contribution in [2.45, 2.75) is 13.3 Å². The average molecular weight is 279 g/mol. The molecule has 1 aliphatic heterocycles. The van der Waals surface area contributed by atoms with Crippen molar-refractivity contribution in [2.75, 3.05) is 27.3 Å². The highest BCUT2D eigenvalue weighted by Gasteiger charge is 2.43. The number of ether oxygens (including phenoxy) is 2. The molecule has 2 atom stereocenters. The Morgan fingerprint density at radius 3 is 2.70 bits per heavy atom. The fraction of sp³-hybridized carbons (Fsp3) is 0.533. The summed E-state index contributed by atoms with van der Waals surface area (Å²) in [5, 5.41) is 12.5. The Morgan fingerprint density at radius 1 is 1.40 bits per heavy atom. The van der Waals surface area contributed by atoms with Gasteiger partial charge in [-0.25, -0.2) is 0 Å². The zero-order chi connectivity index (χ0) is 14.8. The van der Waals surface area contributed by atoms with Gasteiger partial charge in [0.25, 0.3) is 0 Å². The molecule has 110 valence electrons. The molecular formula is C15H21NO4. The molecule has 5 heteroatoms. The molecule has 0 radical (unpaired) electrons. The fourth-order valence-corrected chi connectivity index (χ4v) is 2.90. The first kappa shape index (κ1) is 14.7. The van der Waals surface area contributed by atoms with Gasteiger partial charge in [0.05, 0.1) is 20.1 Å². The quantitative estimate of drug-likeness (QED) is 0.856. The van der Waals surface area contributed by atoms with Gasteiger partial charge in [-0.3, -0.25) is 4.79 Å². The van der Waals surface area contributed by atoms with E-state index in [1.54, 1.807) is 14.2 Å². The molecule has 1 heterocycles. The van der Waals surface area contributed by atoms with Crippen LogP contribution in [-0.2, 0) is 11.2 Å². The number of benzene rings is 1. The van der Waals surface area contributed by atoms with Crippen molar-refractivity contribution in [3.8, 4) is 11.5 Å². The summed E-state index contributed by atoms with van der Waals surface area (Å²) in [4.78, 5) is 11.3. The van der Waals surface area contributed by atoms with Crippen LogP contribution >= 0.6 is 0 Å². The van der Waals surface area contributed by atoms with Gasteiger partial charge in [0.1, 0.15) is 0 Å². The second kappa shape index (κ2) is 5.71. The van der Waals surface area contributed by atoms with E-state index in [1.165, 1.54) is 0 Å². The van der Waals surface area contributed by atoms with E-state index in [0.29, 0.717) is 31.0 Å². The summed E-state index contributed by atoms with van der Waals surface area (Å²) in [5.41, 5.74) is 0.769. The van der Waals surface area contributed by atoms with Crippen molar-refractivity contribution in [3.05, 3.63) is 23.8 Å². The van der Waals surface area contributed by atoms with Crippen molar-refractivity contribution in [1.82, 2.24) is 5.32 Å². The summed E-state index contributed by atoms with van der Waals surface area (Å²) < 4.78 is 10.5. The molecule has 2 N–H and O–H groups in total. The highest BCUT2D eigenvalue weighted by molar-refractivity contribution is 5.72. The minimum Gasteiger partial charge on any atom is -0.493 e. The van der Waals surface area contributed by atoms with Gasteiger partial charge in [-0.15, -0.1) is 0 Å². The van der Waals surface area contributed by atoms with E-state index < -0.39 is 5.97 Å². The topological polar surface area (TPSA) is 67.8 Å². The van der Waals surface area contributed by atoms with Gasteiger partial charge >= 0.3 is 5.97 Å². The molecular weight excluding hydrogens is 258 g/mol. The highest BCUT2D eigenvalue weighted by atomic mass is 16.5. The van der Waals surface area contributed by atoms with Gasteiger partial charge in [0.15, 0.2) is 11.5 Å². The summed E-state index contributed by atoms with van der Waals surface area (Å²) in [5.74, 6) is 0.251. The van der Waals surface area contributed by atoms with Gasteiger partial charge < -0.3 is 19.9 Å². The van der Waals surface area contributed by atoms with Crippen LogP contribution < -0.4 is 14.8 Å². The molecule has 0 spiro atoms. The first-order valence-electron chi connectivity index (χ1n) is 6.64. The first-order chi connectivity index (χ1) is 9.50. The SMILES string of the molecule is COc1ccc(CC2(C)CNCC2C(=O)O)cc1OC. The number of aliphatic carboxylic acids is 1. The Bertz CT molecular complexity index is 503. The van der Waals surface area contributed by atoms with E-state index in [-0.39, 0.29) is 11.3 Å². The van der Waals surface area contributed by atoms with Crippen LogP contribution in [0.2, 0.25) is 0 Å². The molecule has 20 heavy (non-hydrogen) atoms. The molecule has 2 unspecified atom stereocenters. The van der Waals surface area contributed by atoms with Crippen molar-refractivity contribution >= 4 is 5.97 Å². The van der Waals surface area contributed by atoms with Crippen LogP contribution in [0.4, 0.5) is 0 Å². The van der Waals surface area contributed by atoms with Crippen molar-refractivity contribution in [3.63, 3.8) is 0 Å². The maximum Gasteiger partial charge on any atom is 0.308 e. The minimum atomic E-state index is -0.738. The summed E-state index contributed by atoms with van der Waals surface area (Å²) >= 11 is 0. The summed E-state index contributed by atoms with van der Waals surface area (Å²) in [6.07, 6.45) is 0.692. The lowest BCUT2D eigenvalue weighted by Crippen LogP contribution is -2.34. The van der Waals surface area contributed by atoms with Gasteiger partial charge in [-0.2, -0.15) is 0 Å². The summed E-state index contributed by atoms with van der Waals surface area (Å²) in [7, 11) is 3.20. The molecule has 0 bridgehead atoms. The molecule has 5 nitrogen and oxygen atoms in total. The smallest absolute Gasteiger partial charge is 0.308 e.